The van der Waals surface area contributed by atoms with Gasteiger partial charge in [-0.2, -0.15) is 0 Å². The van der Waals surface area contributed by atoms with Crippen LogP contribution in [0.15, 0.2) is 35.3 Å². The molecule has 0 spiro atoms. The van der Waals surface area contributed by atoms with Crippen molar-refractivity contribution >= 4 is 11.9 Å². The van der Waals surface area contributed by atoms with Crippen LogP contribution in [0.25, 0.3) is 0 Å². The number of carbonyl (C=O) groups excluding carboxylic acids is 1. The first-order valence-corrected chi connectivity index (χ1v) is 7.42. The van der Waals surface area contributed by atoms with E-state index >= 15 is 0 Å². The second kappa shape index (κ2) is 6.77. The highest BCUT2D eigenvalue weighted by atomic mass is 19.1. The summed E-state index contributed by atoms with van der Waals surface area (Å²) in [6.07, 6.45) is 5.16. The number of hydrogen-bond acceptors (Lipinski definition) is 3. The Morgan fingerprint density at radius 3 is 2.77 bits per heavy atom. The highest BCUT2D eigenvalue weighted by Gasteiger charge is 2.33. The number of allylic oxidation sites excluding steroid dienone is 3. The molecule has 1 amide bonds. The van der Waals surface area contributed by atoms with Gasteiger partial charge in [-0.25, -0.2) is 4.39 Å². The van der Waals surface area contributed by atoms with E-state index in [1.807, 2.05) is 6.92 Å². The topological polar surface area (TPSA) is 86.6 Å². The Morgan fingerprint density at radius 2 is 2.18 bits per heavy atom. The Bertz CT molecular complexity index is 564. The van der Waals surface area contributed by atoms with Crippen molar-refractivity contribution in [3.05, 3.63) is 35.3 Å². The number of carboxylic acid groups (broad SMARTS) is 1. The van der Waals surface area contributed by atoms with Crippen molar-refractivity contribution in [2.45, 2.75) is 38.8 Å². The molecule has 0 aromatic carbocycles. The van der Waals surface area contributed by atoms with Gasteiger partial charge in [0, 0.05) is 17.7 Å². The van der Waals surface area contributed by atoms with Crippen LogP contribution in [-0.4, -0.2) is 28.3 Å². The molecule has 0 aromatic rings. The number of aliphatic hydroxyl groups is 1. The molecule has 0 saturated heterocycles. The van der Waals surface area contributed by atoms with Crippen LogP contribution in [0.2, 0.25) is 0 Å². The summed E-state index contributed by atoms with van der Waals surface area (Å²) < 4.78 is 13.3. The van der Waals surface area contributed by atoms with Gasteiger partial charge in [0.15, 0.2) is 0 Å². The maximum atomic E-state index is 13.3. The summed E-state index contributed by atoms with van der Waals surface area (Å²) in [5.41, 5.74) is 0.745. The van der Waals surface area contributed by atoms with Crippen LogP contribution in [0.1, 0.15) is 32.6 Å². The van der Waals surface area contributed by atoms with Crippen molar-refractivity contribution in [2.75, 3.05) is 0 Å². The van der Waals surface area contributed by atoms with Crippen molar-refractivity contribution in [1.29, 1.82) is 0 Å². The van der Waals surface area contributed by atoms with E-state index in [9.17, 15) is 19.1 Å². The van der Waals surface area contributed by atoms with Gasteiger partial charge < -0.3 is 15.5 Å². The smallest absolute Gasteiger partial charge is 0.314 e. The van der Waals surface area contributed by atoms with Crippen LogP contribution in [0.3, 0.4) is 0 Å². The third kappa shape index (κ3) is 3.55. The summed E-state index contributed by atoms with van der Waals surface area (Å²) in [6.45, 7) is 1.81. The molecule has 0 heterocycles. The highest BCUT2D eigenvalue weighted by Crippen LogP contribution is 2.30. The van der Waals surface area contributed by atoms with Crippen LogP contribution in [-0.2, 0) is 9.59 Å². The van der Waals surface area contributed by atoms with Gasteiger partial charge in [0.1, 0.15) is 17.8 Å². The largest absolute Gasteiger partial charge is 0.511 e. The second-order valence-electron chi connectivity index (χ2n) is 5.64. The molecule has 5 nitrogen and oxygen atoms in total. The zero-order valence-corrected chi connectivity index (χ0v) is 12.4. The van der Waals surface area contributed by atoms with Crippen LogP contribution in [0, 0.1) is 11.8 Å². The maximum Gasteiger partial charge on any atom is 0.314 e. The normalized spacial score (nSPS) is 28.3. The number of carbonyl (C=O) groups is 2. The molecule has 3 unspecified atom stereocenters. The number of aliphatic carboxylic acids is 1. The minimum atomic E-state index is -1.10. The average molecular weight is 309 g/mol. The van der Waals surface area contributed by atoms with Crippen LogP contribution in [0.5, 0.6) is 0 Å². The predicted molar refractivity (Wildman–Crippen MR) is 78.7 cm³/mol. The molecular weight excluding hydrogens is 289 g/mol. The summed E-state index contributed by atoms with van der Waals surface area (Å²) >= 11 is 0. The van der Waals surface area contributed by atoms with Crippen molar-refractivity contribution in [2.24, 2.45) is 11.8 Å². The number of rotatable bonds is 4. The molecule has 22 heavy (non-hydrogen) atoms. The summed E-state index contributed by atoms with van der Waals surface area (Å²) in [5.74, 6) is -3.17. The van der Waals surface area contributed by atoms with Gasteiger partial charge in [0.25, 0.3) is 5.91 Å². The Labute approximate surface area is 128 Å². The number of aliphatic hydroxyl groups excluding tert-OH is 1. The molecule has 0 radical (unpaired) electrons. The third-order valence-electron chi connectivity index (χ3n) is 4.04. The van der Waals surface area contributed by atoms with E-state index in [-0.39, 0.29) is 12.2 Å². The highest BCUT2D eigenvalue weighted by molar-refractivity contribution is 5.95. The summed E-state index contributed by atoms with van der Waals surface area (Å²) in [6, 6.07) is 0. The van der Waals surface area contributed by atoms with Gasteiger partial charge in [-0.15, -0.1) is 0 Å². The van der Waals surface area contributed by atoms with Crippen LogP contribution in [0.4, 0.5) is 4.39 Å². The van der Waals surface area contributed by atoms with Gasteiger partial charge in [-0.05, 0) is 31.3 Å². The molecule has 0 bridgehead atoms. The maximum absolute atomic E-state index is 13.3. The monoisotopic (exact) mass is 309 g/mol. The quantitative estimate of drug-likeness (QED) is 0.745. The first-order valence-electron chi connectivity index (χ1n) is 7.42. The molecule has 0 fully saturated rings. The van der Waals surface area contributed by atoms with Gasteiger partial charge in [-0.1, -0.05) is 19.1 Å². The lowest BCUT2D eigenvalue weighted by molar-refractivity contribution is -0.142. The Kier molecular flexibility index (Phi) is 5.00. The van der Waals surface area contributed by atoms with Gasteiger partial charge in [0.2, 0.25) is 0 Å². The van der Waals surface area contributed by atoms with Gasteiger partial charge in [-0.3, -0.25) is 9.59 Å². The molecule has 120 valence electrons. The van der Waals surface area contributed by atoms with E-state index in [4.69, 9.17) is 5.11 Å². The molecule has 0 saturated carbocycles. The van der Waals surface area contributed by atoms with Gasteiger partial charge >= 0.3 is 5.97 Å². The molecule has 2 rings (SSSR count). The Morgan fingerprint density at radius 1 is 1.45 bits per heavy atom. The van der Waals surface area contributed by atoms with Crippen molar-refractivity contribution in [1.82, 2.24) is 5.32 Å². The first kappa shape index (κ1) is 16.3. The molecule has 3 N–H and O–H groups in total. The van der Waals surface area contributed by atoms with E-state index < -0.39 is 29.9 Å². The zero-order valence-electron chi connectivity index (χ0n) is 12.4. The third-order valence-corrected chi connectivity index (χ3v) is 4.04. The summed E-state index contributed by atoms with van der Waals surface area (Å²) in [4.78, 5) is 23.3. The minimum Gasteiger partial charge on any atom is -0.511 e. The van der Waals surface area contributed by atoms with Crippen molar-refractivity contribution in [3.63, 3.8) is 0 Å². The van der Waals surface area contributed by atoms with E-state index in [1.54, 1.807) is 12.2 Å². The Balaban J connectivity index is 2.11. The van der Waals surface area contributed by atoms with E-state index in [1.165, 1.54) is 6.08 Å². The zero-order chi connectivity index (χ0) is 16.3. The molecular formula is C16H20FNO4. The van der Waals surface area contributed by atoms with Crippen LogP contribution < -0.4 is 5.32 Å². The first-order chi connectivity index (χ1) is 10.4. The lowest BCUT2D eigenvalue weighted by Crippen LogP contribution is -2.32. The van der Waals surface area contributed by atoms with Crippen LogP contribution >= 0.6 is 0 Å². The van der Waals surface area contributed by atoms with Gasteiger partial charge in [0.05, 0.1) is 0 Å². The fourth-order valence-electron chi connectivity index (χ4n) is 2.84. The molecule has 0 aliphatic heterocycles. The lowest BCUT2D eigenvalue weighted by atomic mass is 9.84. The molecule has 0 aromatic heterocycles. The fraction of sp³-hybridized carbons (Fsp3) is 0.500. The minimum absolute atomic E-state index is 0.0871. The number of hydrogen-bond donors (Lipinski definition) is 3. The number of amides is 1. The molecule has 6 heteroatoms. The number of halogens is 1. The molecule has 2 aliphatic rings. The predicted octanol–water partition coefficient (Wildman–Crippen LogP) is 2.62. The second-order valence-corrected chi connectivity index (χ2v) is 5.64. The van der Waals surface area contributed by atoms with Crippen molar-refractivity contribution < 1.29 is 24.2 Å². The van der Waals surface area contributed by atoms with E-state index in [2.05, 4.69) is 5.32 Å². The van der Waals surface area contributed by atoms with Crippen molar-refractivity contribution in [3.8, 4) is 0 Å². The number of alkyl halides is 1. The molecule has 3 atom stereocenters. The average Bonchev–Trinajstić information content (AvgIpc) is 2.45. The Hall–Kier alpha value is -2.11. The standard InChI is InChI=1S/C16H20FNO4/c1-2-9-7-12(8-13(19)14(9)16(21)22)18-15(20)10-4-3-5-11(17)6-10/h4,7-9,11,14,19H,2-3,5-6H2,1H3,(H,18,20)(H,21,22). The van der Waals surface area contributed by atoms with E-state index in [0.29, 0.717) is 30.5 Å². The SMILES string of the molecule is CCC1C=C(NC(=O)C2=CCCC(F)C2)C=C(O)C1C(=O)O. The summed E-state index contributed by atoms with van der Waals surface area (Å²) in [7, 11) is 0. The molecule has 2 aliphatic carbocycles. The lowest BCUT2D eigenvalue weighted by Gasteiger charge is -2.25. The number of carboxylic acids is 1. The summed E-state index contributed by atoms with van der Waals surface area (Å²) in [5, 5.41) is 21.7. The fourth-order valence-corrected chi connectivity index (χ4v) is 2.84. The van der Waals surface area contributed by atoms with E-state index in [0.717, 1.165) is 0 Å². The number of nitrogens with one attached hydrogen (secondary N) is 1.